The van der Waals surface area contributed by atoms with Crippen molar-refractivity contribution in [2.24, 2.45) is 0 Å². The zero-order valence-electron chi connectivity index (χ0n) is 10.0. The molecule has 0 fully saturated rings. The second kappa shape index (κ2) is 6.17. The Labute approximate surface area is 110 Å². The van der Waals surface area contributed by atoms with Crippen LogP contribution in [0.3, 0.4) is 0 Å². The fraction of sp³-hybridized carbons (Fsp3) is 0.0714. The minimum Gasteiger partial charge on any atom is -0.468 e. The lowest BCUT2D eigenvalue weighted by atomic mass is 10.2. The van der Waals surface area contributed by atoms with E-state index in [0.29, 0.717) is 17.1 Å². The van der Waals surface area contributed by atoms with Gasteiger partial charge in [-0.25, -0.2) is 4.98 Å². The Hall–Kier alpha value is -2.87. The van der Waals surface area contributed by atoms with Crippen LogP contribution in [-0.2, 0) is 4.79 Å². The maximum Gasteiger partial charge on any atom is 0.262 e. The van der Waals surface area contributed by atoms with Crippen LogP contribution >= 0.6 is 0 Å². The van der Waals surface area contributed by atoms with Gasteiger partial charge in [-0.05, 0) is 24.3 Å². The Bertz CT molecular complexity index is 606. The van der Waals surface area contributed by atoms with Crippen molar-refractivity contribution in [1.29, 1.82) is 5.26 Å². The average molecular weight is 253 g/mol. The molecule has 0 atom stereocenters. The van der Waals surface area contributed by atoms with E-state index in [-0.39, 0.29) is 12.5 Å². The third-order valence-electron chi connectivity index (χ3n) is 2.26. The number of ether oxygens (including phenoxy) is 1. The lowest BCUT2D eigenvalue weighted by Crippen LogP contribution is -2.20. The predicted octanol–water partition coefficient (Wildman–Crippen LogP) is 1.97. The van der Waals surface area contributed by atoms with Gasteiger partial charge in [-0.1, -0.05) is 12.1 Å². The Morgan fingerprint density at radius 2 is 2.21 bits per heavy atom. The van der Waals surface area contributed by atoms with Gasteiger partial charge in [0.15, 0.2) is 6.61 Å². The van der Waals surface area contributed by atoms with E-state index in [1.54, 1.807) is 48.7 Å². The molecule has 0 radical (unpaired) electrons. The third-order valence-corrected chi connectivity index (χ3v) is 2.26. The summed E-state index contributed by atoms with van der Waals surface area (Å²) in [7, 11) is 0. The third kappa shape index (κ3) is 3.82. The molecule has 5 heteroatoms. The van der Waals surface area contributed by atoms with Crippen LogP contribution in [-0.4, -0.2) is 17.5 Å². The molecule has 0 aliphatic carbocycles. The van der Waals surface area contributed by atoms with E-state index >= 15 is 0 Å². The van der Waals surface area contributed by atoms with Crippen molar-refractivity contribution in [3.63, 3.8) is 0 Å². The van der Waals surface area contributed by atoms with E-state index in [1.165, 1.54) is 0 Å². The fourth-order valence-electron chi connectivity index (χ4n) is 1.44. The van der Waals surface area contributed by atoms with Crippen LogP contribution in [0.2, 0.25) is 0 Å². The number of benzene rings is 1. The average Bonchev–Trinajstić information content (AvgIpc) is 2.46. The molecule has 1 aromatic heterocycles. The Kier molecular flexibility index (Phi) is 4.09. The fourth-order valence-corrected chi connectivity index (χ4v) is 1.44. The van der Waals surface area contributed by atoms with Crippen LogP contribution in [0.15, 0.2) is 48.7 Å². The van der Waals surface area contributed by atoms with Gasteiger partial charge in [0, 0.05) is 18.0 Å². The molecule has 0 aliphatic heterocycles. The highest BCUT2D eigenvalue weighted by Crippen LogP contribution is 2.10. The minimum atomic E-state index is -0.305. The van der Waals surface area contributed by atoms with Crippen LogP contribution in [0.5, 0.6) is 5.88 Å². The van der Waals surface area contributed by atoms with E-state index in [0.717, 1.165) is 0 Å². The number of hydrogen-bond acceptors (Lipinski definition) is 4. The van der Waals surface area contributed by atoms with E-state index in [2.05, 4.69) is 10.3 Å². The standard InChI is InChI=1S/C14H11N3O2/c15-9-11-4-3-5-12(8-11)17-13(18)10-19-14-6-1-2-7-16-14/h1-8H,10H2,(H,17,18). The van der Waals surface area contributed by atoms with Gasteiger partial charge < -0.3 is 10.1 Å². The summed E-state index contributed by atoms with van der Waals surface area (Å²) < 4.78 is 5.21. The van der Waals surface area contributed by atoms with Crippen molar-refractivity contribution in [1.82, 2.24) is 4.98 Å². The first-order chi connectivity index (χ1) is 9.28. The van der Waals surface area contributed by atoms with Crippen LogP contribution in [0, 0.1) is 11.3 Å². The number of hydrogen-bond donors (Lipinski definition) is 1. The van der Waals surface area contributed by atoms with E-state index in [1.807, 2.05) is 6.07 Å². The largest absolute Gasteiger partial charge is 0.468 e. The topological polar surface area (TPSA) is 75.0 Å². The smallest absolute Gasteiger partial charge is 0.262 e. The van der Waals surface area contributed by atoms with Crippen LogP contribution in [0.4, 0.5) is 5.69 Å². The molecule has 5 nitrogen and oxygen atoms in total. The Morgan fingerprint density at radius 3 is 2.95 bits per heavy atom. The zero-order valence-corrected chi connectivity index (χ0v) is 10.0. The van der Waals surface area contributed by atoms with Gasteiger partial charge in [0.05, 0.1) is 11.6 Å². The molecule has 1 heterocycles. The molecule has 0 unspecified atom stereocenters. The van der Waals surface area contributed by atoms with E-state index in [4.69, 9.17) is 10.00 Å². The number of rotatable bonds is 4. The summed E-state index contributed by atoms with van der Waals surface area (Å²) in [6.45, 7) is -0.131. The number of anilines is 1. The number of nitrogens with one attached hydrogen (secondary N) is 1. The summed E-state index contributed by atoms with van der Waals surface area (Å²) in [5, 5.41) is 11.4. The molecule has 0 bridgehead atoms. The van der Waals surface area contributed by atoms with Crippen molar-refractivity contribution in [2.45, 2.75) is 0 Å². The maximum absolute atomic E-state index is 11.6. The monoisotopic (exact) mass is 253 g/mol. The quantitative estimate of drug-likeness (QED) is 0.903. The molecule has 94 valence electrons. The molecular formula is C14H11N3O2. The number of aromatic nitrogens is 1. The second-order valence-electron chi connectivity index (χ2n) is 3.70. The van der Waals surface area contributed by atoms with Crippen molar-refractivity contribution in [2.75, 3.05) is 11.9 Å². The molecule has 2 rings (SSSR count). The van der Waals surface area contributed by atoms with Gasteiger partial charge >= 0.3 is 0 Å². The zero-order chi connectivity index (χ0) is 13.5. The normalized spacial score (nSPS) is 9.42. The number of carbonyl (C=O) groups is 1. The number of carbonyl (C=O) groups excluding carboxylic acids is 1. The molecule has 19 heavy (non-hydrogen) atoms. The first kappa shape index (κ1) is 12.6. The van der Waals surface area contributed by atoms with Gasteiger partial charge in [-0.3, -0.25) is 4.79 Å². The Morgan fingerprint density at radius 1 is 1.32 bits per heavy atom. The SMILES string of the molecule is N#Cc1cccc(NC(=O)COc2ccccn2)c1. The van der Waals surface area contributed by atoms with Crippen molar-refractivity contribution >= 4 is 11.6 Å². The molecule has 1 amide bonds. The molecule has 0 spiro atoms. The summed E-state index contributed by atoms with van der Waals surface area (Å²) in [6.07, 6.45) is 1.59. The van der Waals surface area contributed by atoms with Gasteiger partial charge in [0.2, 0.25) is 5.88 Å². The van der Waals surface area contributed by atoms with E-state index in [9.17, 15) is 4.79 Å². The molecule has 1 N–H and O–H groups in total. The van der Waals surface area contributed by atoms with Gasteiger partial charge in [0.1, 0.15) is 0 Å². The van der Waals surface area contributed by atoms with Crippen LogP contribution < -0.4 is 10.1 Å². The first-order valence-corrected chi connectivity index (χ1v) is 5.62. The lowest BCUT2D eigenvalue weighted by Gasteiger charge is -2.06. The highest BCUT2D eigenvalue weighted by atomic mass is 16.5. The summed E-state index contributed by atoms with van der Waals surface area (Å²) in [4.78, 5) is 15.6. The first-order valence-electron chi connectivity index (χ1n) is 5.62. The van der Waals surface area contributed by atoms with E-state index < -0.39 is 0 Å². The van der Waals surface area contributed by atoms with Crippen molar-refractivity contribution in [3.8, 4) is 11.9 Å². The lowest BCUT2D eigenvalue weighted by molar-refractivity contribution is -0.118. The summed E-state index contributed by atoms with van der Waals surface area (Å²) >= 11 is 0. The Balaban J connectivity index is 1.89. The number of nitriles is 1. The predicted molar refractivity (Wildman–Crippen MR) is 69.5 cm³/mol. The molecule has 0 saturated carbocycles. The summed E-state index contributed by atoms with van der Waals surface area (Å²) in [5.74, 6) is 0.0872. The molecular weight excluding hydrogens is 242 g/mol. The maximum atomic E-state index is 11.6. The number of amides is 1. The summed E-state index contributed by atoms with van der Waals surface area (Å²) in [5.41, 5.74) is 1.05. The highest BCUT2D eigenvalue weighted by molar-refractivity contribution is 5.92. The van der Waals surface area contributed by atoms with Crippen molar-refractivity contribution < 1.29 is 9.53 Å². The molecule has 0 saturated heterocycles. The molecule has 2 aromatic rings. The van der Waals surface area contributed by atoms with Crippen LogP contribution in [0.1, 0.15) is 5.56 Å². The number of pyridine rings is 1. The second-order valence-corrected chi connectivity index (χ2v) is 3.70. The summed E-state index contributed by atoms with van der Waals surface area (Å²) in [6, 6.07) is 13.9. The number of nitrogens with zero attached hydrogens (tertiary/aromatic N) is 2. The van der Waals surface area contributed by atoms with Crippen molar-refractivity contribution in [3.05, 3.63) is 54.2 Å². The highest BCUT2D eigenvalue weighted by Gasteiger charge is 2.04. The van der Waals surface area contributed by atoms with Gasteiger partial charge in [0.25, 0.3) is 5.91 Å². The van der Waals surface area contributed by atoms with Crippen LogP contribution in [0.25, 0.3) is 0 Å². The minimum absolute atomic E-state index is 0.131. The van der Waals surface area contributed by atoms with Gasteiger partial charge in [-0.2, -0.15) is 5.26 Å². The van der Waals surface area contributed by atoms with Gasteiger partial charge in [-0.15, -0.1) is 0 Å². The molecule has 1 aromatic carbocycles. The molecule has 0 aliphatic rings.